The topological polar surface area (TPSA) is 204 Å². The lowest BCUT2D eigenvalue weighted by Gasteiger charge is -2.54. The minimum atomic E-state index is -0.642. The largest absolute Gasteiger partial charge is 0.469 e. The van der Waals surface area contributed by atoms with Gasteiger partial charge in [0, 0.05) is 38.9 Å². The molecular formula is C71H126O17. The van der Waals surface area contributed by atoms with Gasteiger partial charge in [-0.2, -0.15) is 0 Å². The molecule has 88 heavy (non-hydrogen) atoms. The number of ether oxygens (including phenoxy) is 11. The molecule has 0 aromatic rings. The average molecular weight is 1250 g/mol. The first-order valence-corrected chi connectivity index (χ1v) is 34.5. The highest BCUT2D eigenvalue weighted by Gasteiger charge is 2.50. The smallest absolute Gasteiger partial charge is 0.313 e. The predicted octanol–water partition coefficient (Wildman–Crippen LogP) is 16.0. The van der Waals surface area contributed by atoms with Crippen LogP contribution in [0.3, 0.4) is 0 Å². The number of hydrogen-bond donors (Lipinski definition) is 0. The summed E-state index contributed by atoms with van der Waals surface area (Å²) in [5.74, 6) is 3.52. The van der Waals surface area contributed by atoms with Crippen molar-refractivity contribution in [1.82, 2.24) is 0 Å². The van der Waals surface area contributed by atoms with Gasteiger partial charge in [0.25, 0.3) is 0 Å². The minimum absolute atomic E-state index is 0.0364. The number of hydrogen-bond acceptors (Lipinski definition) is 17. The lowest BCUT2D eigenvalue weighted by atomic mass is 9.55. The van der Waals surface area contributed by atoms with E-state index in [4.69, 9.17) is 47.4 Å². The van der Waals surface area contributed by atoms with Crippen LogP contribution in [-0.2, 0) is 80.9 Å². The summed E-state index contributed by atoms with van der Waals surface area (Å²) >= 11 is 0. The standard InChI is InChI=1S/C18H30O3.C14H26O3.C11H18O3.C11H20O3.C10H18O3.C7H14O2/c1-5-18(3,4)17(19)21-11(2)20-16-14-7-12-6-13(9-14)10-15(16)8-12;1-5-13(3,4)12(15)17-14(16-6-2)10-8-7-9-11-14;1-2-13-7-14-11(12)10-6-8-3-4-9(10)5-8;1-4-11(2,3)10(12)14-9-7-5-6-8-13-9;1-4-10(2,3)9(11)13-8-6-5-7-12-8;1-5-7(2,3)6(8)9-4/h11-16H,5-10H2,1-4H3;5-11H2,1-4H3;8-10H,2-7H2,1H3;9H,4-8H2,1-3H3;8H,4-7H2,1-3H3;5H2,1-4H3. The fraction of sp³-hybridized carbons (Fsp3) is 0.915. The van der Waals surface area contributed by atoms with Crippen LogP contribution in [0.1, 0.15) is 279 Å². The molecule has 17 heteroatoms. The van der Waals surface area contributed by atoms with Crippen LogP contribution in [-0.4, -0.2) is 107 Å². The number of methoxy groups -OCH3 is 1. The molecule has 0 N–H and O–H groups in total. The summed E-state index contributed by atoms with van der Waals surface area (Å²) in [6.45, 7) is 37.5. The number of rotatable bonds is 22. The first kappa shape index (κ1) is 78.9. The molecule has 6 bridgehead atoms. The Labute approximate surface area is 532 Å². The lowest BCUT2D eigenvalue weighted by Crippen LogP contribution is -2.50. The van der Waals surface area contributed by atoms with Gasteiger partial charge in [0.05, 0.1) is 59.4 Å². The van der Waals surface area contributed by atoms with Crippen molar-refractivity contribution in [1.29, 1.82) is 0 Å². The molecule has 9 aliphatic rings. The minimum Gasteiger partial charge on any atom is -0.469 e. The van der Waals surface area contributed by atoms with Gasteiger partial charge in [0.15, 0.2) is 13.1 Å². The van der Waals surface area contributed by atoms with Crippen LogP contribution in [0.5, 0.6) is 0 Å². The Bertz CT molecular complexity index is 2040. The molecule has 2 heterocycles. The molecule has 0 aromatic carbocycles. The van der Waals surface area contributed by atoms with Crippen molar-refractivity contribution >= 4 is 35.8 Å². The van der Waals surface area contributed by atoms with Crippen molar-refractivity contribution in [2.45, 2.75) is 309 Å². The maximum atomic E-state index is 12.2. The van der Waals surface area contributed by atoms with Crippen molar-refractivity contribution in [3.05, 3.63) is 0 Å². The van der Waals surface area contributed by atoms with Crippen LogP contribution in [0.2, 0.25) is 0 Å². The third kappa shape index (κ3) is 25.3. The fourth-order valence-electron chi connectivity index (χ4n) is 12.4. The van der Waals surface area contributed by atoms with E-state index in [1.165, 1.54) is 64.9 Å². The van der Waals surface area contributed by atoms with Crippen LogP contribution in [0.4, 0.5) is 0 Å². The molecule has 7 saturated carbocycles. The molecular weight excluding hydrogens is 1120 g/mol. The average Bonchev–Trinajstić information content (AvgIpc) is 1.26. The zero-order chi connectivity index (χ0) is 66.1. The van der Waals surface area contributed by atoms with E-state index < -0.39 is 22.9 Å². The maximum absolute atomic E-state index is 12.2. The van der Waals surface area contributed by atoms with Gasteiger partial charge in [-0.25, -0.2) is 0 Å². The highest BCUT2D eigenvalue weighted by molar-refractivity contribution is 5.78. The SMILES string of the molecule is CCC(C)(C)C(=O)OC.CCC(C)(C)C(=O)OC(C)OC1C2CC3CC(C2)CC1C3.CCC(C)(C)C(=O)OC1CCCCO1.CCC(C)(C)C(=O)OC1CCCO1.CCOC1(OC(=O)C(C)(C)CC)CCCCC1.CCOCOC(=O)C1CC2CCC1C2. The van der Waals surface area contributed by atoms with E-state index >= 15 is 0 Å². The number of carbonyl (C=O) groups is 6. The molecule has 512 valence electrons. The zero-order valence-corrected chi connectivity index (χ0v) is 58.8. The third-order valence-corrected chi connectivity index (χ3v) is 20.5. The Morgan fingerprint density at radius 3 is 1.35 bits per heavy atom. The Morgan fingerprint density at radius 1 is 0.489 bits per heavy atom. The number of carbonyl (C=O) groups excluding carboxylic acids is 6. The second kappa shape index (κ2) is 37.4. The van der Waals surface area contributed by atoms with Gasteiger partial charge < -0.3 is 52.1 Å². The lowest BCUT2D eigenvalue weighted by molar-refractivity contribution is -0.249. The van der Waals surface area contributed by atoms with E-state index in [9.17, 15) is 28.8 Å². The molecule has 2 aliphatic heterocycles. The zero-order valence-electron chi connectivity index (χ0n) is 58.8. The van der Waals surface area contributed by atoms with Crippen molar-refractivity contribution in [2.75, 3.05) is 40.3 Å². The van der Waals surface area contributed by atoms with Gasteiger partial charge in [-0.15, -0.1) is 0 Å². The molecule has 9 rings (SSSR count). The van der Waals surface area contributed by atoms with E-state index in [0.29, 0.717) is 50.3 Å². The van der Waals surface area contributed by atoms with Crippen molar-refractivity contribution < 1.29 is 80.9 Å². The monoisotopic (exact) mass is 1250 g/mol. The summed E-state index contributed by atoms with van der Waals surface area (Å²) in [4.78, 5) is 70.0. The summed E-state index contributed by atoms with van der Waals surface area (Å²) in [6.07, 6.45) is 24.8. The van der Waals surface area contributed by atoms with Gasteiger partial charge >= 0.3 is 35.8 Å². The summed E-state index contributed by atoms with van der Waals surface area (Å²) in [6, 6.07) is 0. The van der Waals surface area contributed by atoms with Gasteiger partial charge in [0.1, 0.15) is 0 Å². The first-order valence-electron chi connectivity index (χ1n) is 34.5. The summed E-state index contributed by atoms with van der Waals surface area (Å²) in [5.41, 5.74) is -1.91. The van der Waals surface area contributed by atoms with Crippen molar-refractivity contribution in [2.24, 2.45) is 68.5 Å². The molecule has 7 aliphatic carbocycles. The van der Waals surface area contributed by atoms with Crippen LogP contribution in [0, 0.1) is 68.5 Å². The highest BCUT2D eigenvalue weighted by atomic mass is 16.7. The molecule has 0 radical (unpaired) electrons. The van der Waals surface area contributed by atoms with Crippen LogP contribution in [0.15, 0.2) is 0 Å². The Kier molecular flexibility index (Phi) is 33.5. The van der Waals surface area contributed by atoms with E-state index in [1.807, 2.05) is 125 Å². The second-order valence-electron chi connectivity index (χ2n) is 29.4. The van der Waals surface area contributed by atoms with E-state index in [1.54, 1.807) is 0 Å². The number of esters is 6. The van der Waals surface area contributed by atoms with E-state index in [-0.39, 0.29) is 77.4 Å². The van der Waals surface area contributed by atoms with Crippen molar-refractivity contribution in [3.8, 4) is 0 Å². The third-order valence-electron chi connectivity index (χ3n) is 20.5. The van der Waals surface area contributed by atoms with E-state index in [2.05, 4.69) is 4.74 Å². The highest BCUT2D eigenvalue weighted by Crippen LogP contribution is 2.55. The van der Waals surface area contributed by atoms with Gasteiger partial charge in [0.2, 0.25) is 18.4 Å². The Hall–Kier alpha value is -3.38. The molecule has 2 saturated heterocycles. The van der Waals surface area contributed by atoms with Crippen LogP contribution in [0.25, 0.3) is 0 Å². The molecule has 6 unspecified atom stereocenters. The molecule has 17 nitrogen and oxygen atoms in total. The molecule has 6 atom stereocenters. The first-order chi connectivity index (χ1) is 41.3. The van der Waals surface area contributed by atoms with Gasteiger partial charge in [-0.05, 0) is 241 Å². The van der Waals surface area contributed by atoms with Crippen LogP contribution < -0.4 is 0 Å². The molecule has 9 fully saturated rings. The summed E-state index contributed by atoms with van der Waals surface area (Å²) in [5, 5.41) is 0. The molecule has 0 amide bonds. The second-order valence-corrected chi connectivity index (χ2v) is 29.4. The predicted molar refractivity (Wildman–Crippen MR) is 340 cm³/mol. The fourth-order valence-corrected chi connectivity index (χ4v) is 12.4. The van der Waals surface area contributed by atoms with Crippen LogP contribution >= 0.6 is 0 Å². The normalized spacial score (nSPS) is 27.0. The summed E-state index contributed by atoms with van der Waals surface area (Å²) < 4.78 is 58.9. The molecule has 0 spiro atoms. The molecule has 0 aromatic heterocycles. The quantitative estimate of drug-likeness (QED) is 0.0428. The maximum Gasteiger partial charge on any atom is 0.313 e. The van der Waals surface area contributed by atoms with Crippen molar-refractivity contribution in [3.63, 3.8) is 0 Å². The number of fused-ring (bicyclic) bond motifs is 2. The Morgan fingerprint density at radius 2 is 0.955 bits per heavy atom. The van der Waals surface area contributed by atoms with Gasteiger partial charge in [-0.1, -0.05) is 47.5 Å². The Balaban J connectivity index is 0.000000281. The summed E-state index contributed by atoms with van der Waals surface area (Å²) in [7, 11) is 1.42. The van der Waals surface area contributed by atoms with E-state index in [0.717, 1.165) is 114 Å². The van der Waals surface area contributed by atoms with Gasteiger partial charge in [-0.3, -0.25) is 28.8 Å².